The fraction of sp³-hybridized carbons (Fsp3) is 0.450. The molecule has 0 unspecified atom stereocenters. The summed E-state index contributed by atoms with van der Waals surface area (Å²) in [4.78, 5) is 10.6. The number of hydrogen-bond acceptors (Lipinski definition) is 7. The molecule has 1 aliphatic carbocycles. The van der Waals surface area contributed by atoms with Crippen molar-refractivity contribution in [3.63, 3.8) is 0 Å². The second-order valence-electron chi connectivity index (χ2n) is 7.87. The molecule has 2 heterocycles. The second-order valence-corrected chi connectivity index (χ2v) is 9.85. The van der Waals surface area contributed by atoms with E-state index in [2.05, 4.69) is 16.9 Å². The molecule has 154 valence electrons. The van der Waals surface area contributed by atoms with Gasteiger partial charge in [0.15, 0.2) is 0 Å². The molecule has 4 rings (SSSR count). The lowest BCUT2D eigenvalue weighted by Gasteiger charge is -2.34. The van der Waals surface area contributed by atoms with E-state index in [0.717, 1.165) is 24.2 Å². The number of sulfonamides is 1. The number of piperazine rings is 1. The zero-order chi connectivity index (χ0) is 20.6. The van der Waals surface area contributed by atoms with Gasteiger partial charge in [-0.3, -0.25) is 5.41 Å². The van der Waals surface area contributed by atoms with E-state index < -0.39 is 10.0 Å². The molecule has 2 aromatic rings. The minimum absolute atomic E-state index is 0.0724. The van der Waals surface area contributed by atoms with Gasteiger partial charge in [-0.2, -0.15) is 4.31 Å². The molecule has 29 heavy (non-hydrogen) atoms. The van der Waals surface area contributed by atoms with Gasteiger partial charge in [0, 0.05) is 37.8 Å². The van der Waals surface area contributed by atoms with Gasteiger partial charge in [0.2, 0.25) is 10.0 Å². The van der Waals surface area contributed by atoms with E-state index in [1.165, 1.54) is 16.9 Å². The quantitative estimate of drug-likeness (QED) is 0.724. The maximum atomic E-state index is 11.7. The van der Waals surface area contributed by atoms with Crippen LogP contribution in [-0.2, 0) is 10.0 Å². The van der Waals surface area contributed by atoms with E-state index in [-0.39, 0.29) is 5.60 Å². The Morgan fingerprint density at radius 2 is 1.86 bits per heavy atom. The molecule has 1 aromatic carbocycles. The molecule has 0 amide bonds. The zero-order valence-electron chi connectivity index (χ0n) is 16.6. The van der Waals surface area contributed by atoms with E-state index in [1.54, 1.807) is 6.07 Å². The van der Waals surface area contributed by atoms with Gasteiger partial charge in [-0.1, -0.05) is 12.1 Å². The van der Waals surface area contributed by atoms with Gasteiger partial charge in [-0.25, -0.2) is 18.4 Å². The SMILES string of the molecule is CC1(Oc2cccc(C(=N)c3cc(N4CCN(S(C)(=O)=O)CC4)ncn3)c2)CC1. The molecular formula is C20H25N5O3S. The van der Waals surface area contributed by atoms with E-state index in [1.807, 2.05) is 29.2 Å². The Labute approximate surface area is 171 Å². The lowest BCUT2D eigenvalue weighted by Crippen LogP contribution is -2.48. The molecule has 1 N–H and O–H groups in total. The normalized spacial score (nSPS) is 19.0. The summed E-state index contributed by atoms with van der Waals surface area (Å²) in [6.45, 7) is 4.05. The second kappa shape index (κ2) is 7.38. The van der Waals surface area contributed by atoms with E-state index in [9.17, 15) is 8.42 Å². The van der Waals surface area contributed by atoms with Gasteiger partial charge in [-0.05, 0) is 31.9 Å². The zero-order valence-corrected chi connectivity index (χ0v) is 17.4. The Morgan fingerprint density at radius 3 is 2.52 bits per heavy atom. The lowest BCUT2D eigenvalue weighted by molar-refractivity contribution is 0.200. The van der Waals surface area contributed by atoms with Crippen molar-refractivity contribution in [2.75, 3.05) is 37.3 Å². The molecule has 1 saturated carbocycles. The number of aromatic nitrogens is 2. The van der Waals surface area contributed by atoms with E-state index in [4.69, 9.17) is 10.1 Å². The molecule has 0 bridgehead atoms. The first-order valence-corrected chi connectivity index (χ1v) is 11.5. The summed E-state index contributed by atoms with van der Waals surface area (Å²) in [6.07, 6.45) is 4.79. The molecule has 0 atom stereocenters. The average Bonchev–Trinajstić information content (AvgIpc) is 3.43. The largest absolute Gasteiger partial charge is 0.488 e. The van der Waals surface area contributed by atoms with Gasteiger partial charge in [0.25, 0.3) is 0 Å². The van der Waals surface area contributed by atoms with Crippen LogP contribution < -0.4 is 9.64 Å². The lowest BCUT2D eigenvalue weighted by atomic mass is 10.1. The Hall–Kier alpha value is -2.52. The Morgan fingerprint density at radius 1 is 1.14 bits per heavy atom. The number of nitrogens with zero attached hydrogens (tertiary/aromatic N) is 4. The third-order valence-electron chi connectivity index (χ3n) is 5.38. The maximum Gasteiger partial charge on any atom is 0.211 e. The van der Waals surface area contributed by atoms with Gasteiger partial charge in [-0.15, -0.1) is 0 Å². The monoisotopic (exact) mass is 415 g/mol. The molecule has 8 nitrogen and oxygen atoms in total. The smallest absolute Gasteiger partial charge is 0.211 e. The summed E-state index contributed by atoms with van der Waals surface area (Å²) in [5, 5.41) is 8.59. The van der Waals surface area contributed by atoms with Gasteiger partial charge >= 0.3 is 0 Å². The topological polar surface area (TPSA) is 99.5 Å². The molecule has 0 radical (unpaired) electrons. The summed E-state index contributed by atoms with van der Waals surface area (Å²) in [5.41, 5.74) is 1.49. The van der Waals surface area contributed by atoms with E-state index >= 15 is 0 Å². The predicted octanol–water partition coefficient (Wildman–Crippen LogP) is 1.91. The van der Waals surface area contributed by atoms with Crippen molar-refractivity contribution in [3.05, 3.63) is 47.9 Å². The first-order valence-electron chi connectivity index (χ1n) is 9.64. The first kappa shape index (κ1) is 19.8. The van der Waals surface area contributed by atoms with Crippen LogP contribution >= 0.6 is 0 Å². The first-order chi connectivity index (χ1) is 13.7. The Bertz CT molecular complexity index is 1030. The molecule has 0 spiro atoms. The number of anilines is 1. The highest BCUT2D eigenvalue weighted by Crippen LogP contribution is 2.39. The van der Waals surface area contributed by atoms with Gasteiger partial charge in [0.1, 0.15) is 23.5 Å². The minimum Gasteiger partial charge on any atom is -0.488 e. The number of ether oxygens (including phenoxy) is 1. The van der Waals surface area contributed by atoms with Crippen molar-refractivity contribution in [2.24, 2.45) is 0 Å². The van der Waals surface area contributed by atoms with Crippen LogP contribution in [0, 0.1) is 5.41 Å². The molecule has 2 aliphatic rings. The summed E-state index contributed by atoms with van der Waals surface area (Å²) >= 11 is 0. The molecule has 1 saturated heterocycles. The van der Waals surface area contributed by atoms with Crippen molar-refractivity contribution in [1.82, 2.24) is 14.3 Å². The molecular weight excluding hydrogens is 390 g/mol. The highest BCUT2D eigenvalue weighted by molar-refractivity contribution is 7.88. The molecule has 2 fully saturated rings. The van der Waals surface area contributed by atoms with E-state index in [0.29, 0.717) is 43.4 Å². The van der Waals surface area contributed by atoms with Crippen LogP contribution in [0.3, 0.4) is 0 Å². The van der Waals surface area contributed by atoms with Crippen molar-refractivity contribution < 1.29 is 13.2 Å². The van der Waals surface area contributed by atoms with Crippen LogP contribution in [0.4, 0.5) is 5.82 Å². The van der Waals surface area contributed by atoms with Crippen molar-refractivity contribution in [2.45, 2.75) is 25.4 Å². The molecule has 1 aromatic heterocycles. The van der Waals surface area contributed by atoms with Gasteiger partial charge in [0.05, 0.1) is 17.7 Å². The van der Waals surface area contributed by atoms with Crippen molar-refractivity contribution in [3.8, 4) is 5.75 Å². The van der Waals surface area contributed by atoms with Crippen LogP contribution in [0.25, 0.3) is 0 Å². The van der Waals surface area contributed by atoms with Crippen molar-refractivity contribution in [1.29, 1.82) is 5.41 Å². The maximum absolute atomic E-state index is 11.7. The third-order valence-corrected chi connectivity index (χ3v) is 6.68. The molecule has 1 aliphatic heterocycles. The van der Waals surface area contributed by atoms with Crippen LogP contribution in [-0.4, -0.2) is 66.4 Å². The highest BCUT2D eigenvalue weighted by Gasteiger charge is 2.40. The fourth-order valence-electron chi connectivity index (χ4n) is 3.33. The summed E-state index contributed by atoms with van der Waals surface area (Å²) in [7, 11) is -3.17. The average molecular weight is 416 g/mol. The summed E-state index contributed by atoms with van der Waals surface area (Å²) in [6, 6.07) is 9.33. The summed E-state index contributed by atoms with van der Waals surface area (Å²) < 4.78 is 30.9. The van der Waals surface area contributed by atoms with Crippen LogP contribution in [0.1, 0.15) is 31.0 Å². The number of nitrogens with one attached hydrogen (secondary N) is 1. The summed E-state index contributed by atoms with van der Waals surface area (Å²) in [5.74, 6) is 1.46. The third kappa shape index (κ3) is 4.56. The Kier molecular flexibility index (Phi) is 5.04. The van der Waals surface area contributed by atoms with Crippen LogP contribution in [0.5, 0.6) is 5.75 Å². The van der Waals surface area contributed by atoms with Gasteiger partial charge < -0.3 is 9.64 Å². The predicted molar refractivity (Wildman–Crippen MR) is 111 cm³/mol. The van der Waals surface area contributed by atoms with Crippen LogP contribution in [0.15, 0.2) is 36.7 Å². The fourth-order valence-corrected chi connectivity index (χ4v) is 4.16. The van der Waals surface area contributed by atoms with Crippen molar-refractivity contribution >= 4 is 21.6 Å². The minimum atomic E-state index is -3.17. The standard InChI is InChI=1S/C20H25N5O3S/c1-20(6-7-20)28-16-5-3-4-15(12-16)19(21)17-13-18(23-14-22-17)24-8-10-25(11-9-24)29(2,26)27/h3-5,12-14,21H,6-11H2,1-2H3. The van der Waals surface area contributed by atoms with Crippen LogP contribution in [0.2, 0.25) is 0 Å². The Balaban J connectivity index is 1.49. The molecule has 9 heteroatoms. The number of hydrogen-bond donors (Lipinski definition) is 1. The highest BCUT2D eigenvalue weighted by atomic mass is 32.2. The number of rotatable bonds is 6. The number of benzene rings is 1.